The number of pyridine rings is 1. The van der Waals surface area contributed by atoms with Gasteiger partial charge in [0.1, 0.15) is 11.6 Å². The van der Waals surface area contributed by atoms with Gasteiger partial charge in [0, 0.05) is 37.8 Å². The Morgan fingerprint density at radius 3 is 2.34 bits per heavy atom. The molecule has 8 nitrogen and oxygen atoms in total. The van der Waals surface area contributed by atoms with Gasteiger partial charge in [0.15, 0.2) is 0 Å². The maximum atomic E-state index is 13.3. The monoisotopic (exact) mass is 425 g/mol. The molecule has 2 heterocycles. The molecular weight excluding hydrogens is 404 g/mol. The van der Waals surface area contributed by atoms with Gasteiger partial charge in [-0.2, -0.15) is 12.7 Å². The van der Waals surface area contributed by atoms with Crippen LogP contribution < -0.4 is 10.5 Å². The molecule has 0 atom stereocenters. The zero-order valence-electron chi connectivity index (χ0n) is 15.7. The Labute approximate surface area is 167 Å². The van der Waals surface area contributed by atoms with Crippen LogP contribution >= 0.6 is 0 Å². The molecule has 11 heteroatoms. The van der Waals surface area contributed by atoms with Crippen LogP contribution in [0.15, 0.2) is 36.5 Å². The predicted octanol–water partition coefficient (Wildman–Crippen LogP) is 2.16. The molecule has 29 heavy (non-hydrogen) atoms. The fraction of sp³-hybridized carbons (Fsp3) is 0.333. The fourth-order valence-electron chi connectivity index (χ4n) is 3.20. The molecule has 0 spiro atoms. The number of nitrogens with two attached hydrogens (primary N) is 1. The van der Waals surface area contributed by atoms with Crippen molar-refractivity contribution in [1.82, 2.24) is 14.2 Å². The number of nitrogens with one attached hydrogen (secondary N) is 1. The van der Waals surface area contributed by atoms with Gasteiger partial charge >= 0.3 is 6.03 Å². The molecule has 1 aromatic heterocycles. The van der Waals surface area contributed by atoms with Crippen LogP contribution in [0.3, 0.4) is 0 Å². The molecule has 156 valence electrons. The number of rotatable bonds is 4. The summed E-state index contributed by atoms with van der Waals surface area (Å²) in [6.07, 6.45) is 2.35. The number of benzene rings is 1. The van der Waals surface area contributed by atoms with E-state index >= 15 is 0 Å². The van der Waals surface area contributed by atoms with Gasteiger partial charge in [0.05, 0.1) is 17.6 Å². The van der Waals surface area contributed by atoms with E-state index in [0.29, 0.717) is 29.8 Å². The zero-order chi connectivity index (χ0) is 21.2. The summed E-state index contributed by atoms with van der Waals surface area (Å²) in [5, 5.41) is 7.82. The molecule has 1 fully saturated rings. The quantitative estimate of drug-likeness (QED) is 0.782. The first kappa shape index (κ1) is 21.1. The van der Waals surface area contributed by atoms with E-state index in [9.17, 15) is 22.0 Å². The molecule has 0 radical (unpaired) electrons. The van der Waals surface area contributed by atoms with Crippen molar-refractivity contribution in [2.75, 3.05) is 25.5 Å². The maximum Gasteiger partial charge on any atom is 0.321 e. The number of aromatic nitrogens is 1. The average Bonchev–Trinajstić information content (AvgIpc) is 2.66. The Kier molecular flexibility index (Phi) is 6.10. The van der Waals surface area contributed by atoms with Crippen molar-refractivity contribution >= 4 is 21.9 Å². The Bertz CT molecular complexity index is 973. The number of carbonyl (C=O) groups excluding carboxylic acids is 1. The highest BCUT2D eigenvalue weighted by molar-refractivity contribution is 7.86. The lowest BCUT2D eigenvalue weighted by atomic mass is 10.1. The minimum absolute atomic E-state index is 0.129. The summed E-state index contributed by atoms with van der Waals surface area (Å²) in [5.41, 5.74) is 1.08. The van der Waals surface area contributed by atoms with Gasteiger partial charge in [-0.15, -0.1) is 0 Å². The van der Waals surface area contributed by atoms with E-state index in [4.69, 9.17) is 5.14 Å². The molecule has 0 saturated carbocycles. The Hall–Kier alpha value is -2.63. The number of hydrogen-bond acceptors (Lipinski definition) is 4. The Morgan fingerprint density at radius 1 is 1.21 bits per heavy atom. The van der Waals surface area contributed by atoms with Crippen LogP contribution in [0.25, 0.3) is 11.3 Å². The van der Waals surface area contributed by atoms with Gasteiger partial charge in [-0.25, -0.2) is 18.7 Å². The van der Waals surface area contributed by atoms with Gasteiger partial charge in [-0.3, -0.25) is 4.98 Å². The number of anilines is 1. The van der Waals surface area contributed by atoms with E-state index in [1.165, 1.54) is 27.5 Å². The van der Waals surface area contributed by atoms with Crippen molar-refractivity contribution in [2.24, 2.45) is 5.14 Å². The largest absolute Gasteiger partial charge is 0.325 e. The van der Waals surface area contributed by atoms with Crippen LogP contribution in [0.5, 0.6) is 0 Å². The number of hydrogen-bond donors (Lipinski definition) is 2. The van der Waals surface area contributed by atoms with E-state index in [-0.39, 0.29) is 25.2 Å². The summed E-state index contributed by atoms with van der Waals surface area (Å²) in [7, 11) is -2.09. The third kappa shape index (κ3) is 5.25. The molecule has 1 aliphatic rings. The number of carbonyl (C=O) groups is 1. The highest BCUT2D eigenvalue weighted by Crippen LogP contribution is 2.22. The minimum Gasteiger partial charge on any atom is -0.325 e. The molecule has 1 aromatic carbocycles. The maximum absolute atomic E-state index is 13.3. The topological polar surface area (TPSA) is 109 Å². The average molecular weight is 425 g/mol. The van der Waals surface area contributed by atoms with Crippen LogP contribution in [-0.4, -0.2) is 54.8 Å². The summed E-state index contributed by atoms with van der Waals surface area (Å²) < 4.78 is 50.6. The van der Waals surface area contributed by atoms with Crippen molar-refractivity contribution < 1.29 is 22.0 Å². The third-order valence-electron chi connectivity index (χ3n) is 4.82. The van der Waals surface area contributed by atoms with Crippen molar-refractivity contribution in [3.63, 3.8) is 0 Å². The molecule has 1 aliphatic heterocycles. The summed E-state index contributed by atoms with van der Waals surface area (Å²) in [5.74, 6) is -1.40. The second-order valence-corrected chi connectivity index (χ2v) is 8.35. The van der Waals surface area contributed by atoms with Crippen molar-refractivity contribution in [3.05, 3.63) is 48.2 Å². The Balaban J connectivity index is 1.60. The van der Waals surface area contributed by atoms with Crippen molar-refractivity contribution in [3.8, 4) is 11.3 Å². The molecule has 0 bridgehead atoms. The normalized spacial score (nSPS) is 15.9. The summed E-state index contributed by atoms with van der Waals surface area (Å²) in [6.45, 7) is 0.503. The number of nitrogens with zero attached hydrogens (tertiary/aromatic N) is 3. The van der Waals surface area contributed by atoms with E-state index in [1.54, 1.807) is 19.2 Å². The molecule has 0 aliphatic carbocycles. The molecule has 3 N–H and O–H groups in total. The lowest BCUT2D eigenvalue weighted by Crippen LogP contribution is -2.49. The van der Waals surface area contributed by atoms with Gasteiger partial charge in [0.2, 0.25) is 0 Å². The molecule has 1 saturated heterocycles. The van der Waals surface area contributed by atoms with Crippen LogP contribution in [-0.2, 0) is 10.2 Å². The smallest absolute Gasteiger partial charge is 0.321 e. The number of halogens is 2. The summed E-state index contributed by atoms with van der Waals surface area (Å²) in [4.78, 5) is 18.1. The molecule has 0 unspecified atom stereocenters. The second-order valence-electron chi connectivity index (χ2n) is 6.81. The second kappa shape index (κ2) is 8.39. The number of amides is 2. The predicted molar refractivity (Wildman–Crippen MR) is 104 cm³/mol. The number of urea groups is 1. The first-order chi connectivity index (χ1) is 13.6. The standard InChI is InChI=1S/C18H21F2N5O3S/c1-24(16-4-6-25(7-5-16)29(21,27)28)18(26)23-15-2-3-17(22-11-15)12-8-13(19)10-14(20)9-12/h2-3,8-11,16H,4-7H2,1H3,(H,23,26)(H2,21,27,28). The van der Waals surface area contributed by atoms with Gasteiger partial charge in [-0.1, -0.05) is 0 Å². The third-order valence-corrected chi connectivity index (χ3v) is 5.91. The molecule has 2 aromatic rings. The van der Waals surface area contributed by atoms with Crippen LogP contribution in [0, 0.1) is 11.6 Å². The van der Waals surface area contributed by atoms with E-state index < -0.39 is 21.8 Å². The van der Waals surface area contributed by atoms with Crippen molar-refractivity contribution in [2.45, 2.75) is 18.9 Å². The van der Waals surface area contributed by atoms with Crippen LogP contribution in [0.2, 0.25) is 0 Å². The van der Waals surface area contributed by atoms with Gasteiger partial charge < -0.3 is 10.2 Å². The highest BCUT2D eigenvalue weighted by atomic mass is 32.2. The SMILES string of the molecule is CN(C(=O)Nc1ccc(-c2cc(F)cc(F)c2)nc1)C1CCN(S(N)(=O)=O)CC1. The Morgan fingerprint density at radius 2 is 1.83 bits per heavy atom. The van der Waals surface area contributed by atoms with Crippen LogP contribution in [0.1, 0.15) is 12.8 Å². The fourth-order valence-corrected chi connectivity index (χ4v) is 3.92. The molecule has 3 rings (SSSR count). The highest BCUT2D eigenvalue weighted by Gasteiger charge is 2.29. The van der Waals surface area contributed by atoms with Crippen molar-refractivity contribution in [1.29, 1.82) is 0 Å². The first-order valence-corrected chi connectivity index (χ1v) is 10.4. The van der Waals surface area contributed by atoms with Crippen LogP contribution in [0.4, 0.5) is 19.3 Å². The minimum atomic E-state index is -3.72. The number of piperidine rings is 1. The summed E-state index contributed by atoms with van der Waals surface area (Å²) in [6, 6.07) is 5.76. The lowest BCUT2D eigenvalue weighted by molar-refractivity contribution is 0.174. The van der Waals surface area contributed by atoms with Gasteiger partial charge in [-0.05, 0) is 37.1 Å². The zero-order valence-corrected chi connectivity index (χ0v) is 16.5. The first-order valence-electron chi connectivity index (χ1n) is 8.87. The van der Waals surface area contributed by atoms with E-state index in [2.05, 4.69) is 10.3 Å². The van der Waals surface area contributed by atoms with E-state index in [0.717, 1.165) is 6.07 Å². The van der Waals surface area contributed by atoms with E-state index in [1.807, 2.05) is 0 Å². The molecule has 2 amide bonds. The van der Waals surface area contributed by atoms with Gasteiger partial charge in [0.25, 0.3) is 10.2 Å². The molecular formula is C18H21F2N5O3S. The lowest BCUT2D eigenvalue weighted by Gasteiger charge is -2.35. The summed E-state index contributed by atoms with van der Waals surface area (Å²) >= 11 is 0.